The molecule has 61 valence electrons. The van der Waals surface area contributed by atoms with Crippen molar-refractivity contribution in [2.45, 2.75) is 19.3 Å². The van der Waals surface area contributed by atoms with E-state index in [-0.39, 0.29) is 11.3 Å². The second-order valence-corrected chi connectivity index (χ2v) is 3.50. The maximum atomic E-state index is 11.0. The Morgan fingerprint density at radius 3 is 2.64 bits per heavy atom. The maximum absolute atomic E-state index is 11.0. The average Bonchev–Trinajstić information content (AvgIpc) is 2.34. The van der Waals surface area contributed by atoms with Gasteiger partial charge in [-0.05, 0) is 25.9 Å². The molecule has 1 radical (unpaired) electrons. The molecule has 0 aliphatic carbocycles. The zero-order valence-electron chi connectivity index (χ0n) is 6.52. The first-order chi connectivity index (χ1) is 5.31. The lowest BCUT2D eigenvalue weighted by Gasteiger charge is -2.31. The molecule has 2 aliphatic rings. The van der Waals surface area contributed by atoms with Crippen molar-refractivity contribution in [3.63, 3.8) is 0 Å². The summed E-state index contributed by atoms with van der Waals surface area (Å²) in [6, 6.07) is 0. The molecule has 1 spiro atoms. The molecule has 2 rings (SSSR count). The summed E-state index contributed by atoms with van der Waals surface area (Å²) in [7, 11) is 0. The van der Waals surface area contributed by atoms with Crippen LogP contribution in [0.3, 0.4) is 0 Å². The Hall–Kier alpha value is -0.570. The maximum Gasteiger partial charge on any atom is 0.220 e. The predicted octanol–water partition coefficient (Wildman–Crippen LogP) is 0.0379. The fraction of sp³-hybridized carbons (Fsp3) is 0.750. The standard InChI is InChI=1S/C8H13N2O/c11-7-5-8(6-10-7)1-3-9-4-2-8/h6,9H,1-5H2,(H,10,11). The lowest BCUT2D eigenvalue weighted by Crippen LogP contribution is -2.35. The molecular formula is C8H13N2O. The van der Waals surface area contributed by atoms with Crippen molar-refractivity contribution in [1.29, 1.82) is 0 Å². The van der Waals surface area contributed by atoms with E-state index in [1.165, 1.54) is 0 Å². The molecular weight excluding hydrogens is 140 g/mol. The molecule has 1 amide bonds. The van der Waals surface area contributed by atoms with Gasteiger partial charge in [-0.1, -0.05) is 0 Å². The van der Waals surface area contributed by atoms with Gasteiger partial charge in [0, 0.05) is 11.8 Å². The largest absolute Gasteiger partial charge is 0.351 e. The van der Waals surface area contributed by atoms with E-state index in [0.717, 1.165) is 25.9 Å². The molecule has 11 heavy (non-hydrogen) atoms. The summed E-state index contributed by atoms with van der Waals surface area (Å²) in [6.45, 7) is 4.09. The van der Waals surface area contributed by atoms with Crippen LogP contribution in [0.5, 0.6) is 0 Å². The van der Waals surface area contributed by atoms with E-state index < -0.39 is 0 Å². The fourth-order valence-electron chi connectivity index (χ4n) is 1.90. The van der Waals surface area contributed by atoms with Gasteiger partial charge in [-0.3, -0.25) is 4.79 Å². The second-order valence-electron chi connectivity index (χ2n) is 3.50. The third-order valence-corrected chi connectivity index (χ3v) is 2.65. The fourth-order valence-corrected chi connectivity index (χ4v) is 1.90. The van der Waals surface area contributed by atoms with Gasteiger partial charge in [0.25, 0.3) is 0 Å². The molecule has 3 nitrogen and oxygen atoms in total. The molecule has 0 atom stereocenters. The number of carbonyl (C=O) groups excluding carboxylic acids is 1. The molecule has 2 saturated heterocycles. The van der Waals surface area contributed by atoms with E-state index in [1.54, 1.807) is 0 Å². The van der Waals surface area contributed by atoms with Crippen molar-refractivity contribution in [2.24, 2.45) is 5.41 Å². The highest BCUT2D eigenvalue weighted by atomic mass is 16.1. The quantitative estimate of drug-likeness (QED) is 0.516. The number of nitrogens with one attached hydrogen (secondary N) is 2. The van der Waals surface area contributed by atoms with Gasteiger partial charge in [-0.15, -0.1) is 0 Å². The summed E-state index contributed by atoms with van der Waals surface area (Å²) in [4.78, 5) is 11.0. The topological polar surface area (TPSA) is 41.1 Å². The Labute approximate surface area is 66.5 Å². The van der Waals surface area contributed by atoms with Gasteiger partial charge < -0.3 is 10.6 Å². The molecule has 2 N–H and O–H groups in total. The summed E-state index contributed by atoms with van der Waals surface area (Å²) in [5.41, 5.74) is 0.197. The van der Waals surface area contributed by atoms with Crippen LogP contribution in [0.2, 0.25) is 0 Å². The van der Waals surface area contributed by atoms with E-state index >= 15 is 0 Å². The van der Waals surface area contributed by atoms with Crippen molar-refractivity contribution in [3.8, 4) is 0 Å². The summed E-state index contributed by atoms with van der Waals surface area (Å²) in [5, 5.41) is 6.08. The lowest BCUT2D eigenvalue weighted by molar-refractivity contribution is -0.119. The zero-order chi connectivity index (χ0) is 7.73. The Morgan fingerprint density at radius 2 is 2.09 bits per heavy atom. The Bertz CT molecular complexity index is 173. The SMILES string of the molecule is O=C1CC2([CH]N1)CCNCC2. The van der Waals surface area contributed by atoms with Gasteiger partial charge in [0.1, 0.15) is 0 Å². The number of hydrogen-bond acceptors (Lipinski definition) is 2. The Kier molecular flexibility index (Phi) is 1.60. The van der Waals surface area contributed by atoms with Crippen molar-refractivity contribution in [3.05, 3.63) is 6.54 Å². The van der Waals surface area contributed by atoms with Crippen molar-refractivity contribution in [1.82, 2.24) is 10.6 Å². The predicted molar refractivity (Wildman–Crippen MR) is 41.6 cm³/mol. The summed E-state index contributed by atoms with van der Waals surface area (Å²) < 4.78 is 0. The molecule has 3 heteroatoms. The van der Waals surface area contributed by atoms with Crippen LogP contribution in [0.15, 0.2) is 0 Å². The Morgan fingerprint density at radius 1 is 1.36 bits per heavy atom. The molecule has 2 heterocycles. The molecule has 2 aliphatic heterocycles. The first kappa shape index (κ1) is 7.10. The van der Waals surface area contributed by atoms with Gasteiger partial charge in [0.15, 0.2) is 0 Å². The van der Waals surface area contributed by atoms with E-state index in [4.69, 9.17) is 0 Å². The number of rotatable bonds is 0. The van der Waals surface area contributed by atoms with E-state index in [1.807, 2.05) is 6.54 Å². The van der Waals surface area contributed by atoms with Gasteiger partial charge in [0.05, 0.1) is 6.54 Å². The van der Waals surface area contributed by atoms with Crippen LogP contribution in [0.1, 0.15) is 19.3 Å². The highest BCUT2D eigenvalue weighted by molar-refractivity contribution is 5.80. The van der Waals surface area contributed by atoms with Gasteiger partial charge in [-0.25, -0.2) is 0 Å². The van der Waals surface area contributed by atoms with Crippen LogP contribution in [-0.2, 0) is 4.79 Å². The normalized spacial score (nSPS) is 28.9. The van der Waals surface area contributed by atoms with Crippen molar-refractivity contribution in [2.75, 3.05) is 13.1 Å². The average molecular weight is 153 g/mol. The smallest absolute Gasteiger partial charge is 0.220 e. The molecule has 0 aromatic rings. The van der Waals surface area contributed by atoms with Gasteiger partial charge in [-0.2, -0.15) is 0 Å². The first-order valence-corrected chi connectivity index (χ1v) is 4.15. The molecule has 0 saturated carbocycles. The number of carbonyl (C=O) groups is 1. The minimum atomic E-state index is 0.187. The van der Waals surface area contributed by atoms with Crippen LogP contribution in [0.25, 0.3) is 0 Å². The number of piperidine rings is 1. The highest BCUT2D eigenvalue weighted by Crippen LogP contribution is 2.37. The summed E-state index contributed by atoms with van der Waals surface area (Å²) in [6.07, 6.45) is 2.91. The van der Waals surface area contributed by atoms with Crippen LogP contribution in [0, 0.1) is 12.0 Å². The molecule has 2 fully saturated rings. The van der Waals surface area contributed by atoms with Crippen LogP contribution < -0.4 is 10.6 Å². The molecule has 0 aromatic carbocycles. The van der Waals surface area contributed by atoms with E-state index in [2.05, 4.69) is 10.6 Å². The molecule has 0 aromatic heterocycles. The van der Waals surface area contributed by atoms with Crippen molar-refractivity contribution < 1.29 is 4.79 Å². The monoisotopic (exact) mass is 153 g/mol. The van der Waals surface area contributed by atoms with Crippen LogP contribution in [0.4, 0.5) is 0 Å². The number of amides is 1. The minimum absolute atomic E-state index is 0.187. The van der Waals surface area contributed by atoms with Gasteiger partial charge in [0.2, 0.25) is 5.91 Å². The van der Waals surface area contributed by atoms with Crippen LogP contribution >= 0.6 is 0 Å². The van der Waals surface area contributed by atoms with E-state index in [9.17, 15) is 4.79 Å². The second kappa shape index (κ2) is 2.48. The Balaban J connectivity index is 2.03. The first-order valence-electron chi connectivity index (χ1n) is 4.15. The van der Waals surface area contributed by atoms with Gasteiger partial charge >= 0.3 is 0 Å². The molecule has 0 unspecified atom stereocenters. The number of hydrogen-bond donors (Lipinski definition) is 2. The highest BCUT2D eigenvalue weighted by Gasteiger charge is 2.39. The summed E-state index contributed by atoms with van der Waals surface area (Å²) >= 11 is 0. The third kappa shape index (κ3) is 1.25. The van der Waals surface area contributed by atoms with Crippen LogP contribution in [-0.4, -0.2) is 19.0 Å². The molecule has 0 bridgehead atoms. The minimum Gasteiger partial charge on any atom is -0.351 e. The van der Waals surface area contributed by atoms with E-state index in [0.29, 0.717) is 6.42 Å². The lowest BCUT2D eigenvalue weighted by atomic mass is 9.78. The zero-order valence-corrected chi connectivity index (χ0v) is 6.52. The van der Waals surface area contributed by atoms with Crippen molar-refractivity contribution >= 4 is 5.91 Å². The third-order valence-electron chi connectivity index (χ3n) is 2.65. The summed E-state index contributed by atoms with van der Waals surface area (Å²) in [5.74, 6) is 0.187.